The largest absolute Gasteiger partial charge is 0.494 e. The number of ether oxygens (including phenoxy) is 1. The Balaban J connectivity index is 2.12. The molecule has 1 aromatic rings. The van der Waals surface area contributed by atoms with Crippen molar-refractivity contribution in [3.63, 3.8) is 0 Å². The molecule has 28 heavy (non-hydrogen) atoms. The van der Waals surface area contributed by atoms with Crippen molar-refractivity contribution in [3.05, 3.63) is 24.0 Å². The first-order valence-electron chi connectivity index (χ1n) is 9.23. The van der Waals surface area contributed by atoms with Gasteiger partial charge in [-0.15, -0.1) is 0 Å². The minimum atomic E-state index is -1.17. The predicted octanol–water partition coefficient (Wildman–Crippen LogP) is 1.90. The molecule has 2 heterocycles. The molecule has 1 aliphatic heterocycles. The van der Waals surface area contributed by atoms with E-state index in [0.717, 1.165) is 5.46 Å². The molecule has 9 heteroatoms. The number of nitrogens with zero attached hydrogens (tertiary/aromatic N) is 1. The van der Waals surface area contributed by atoms with Gasteiger partial charge in [0.2, 0.25) is 0 Å². The van der Waals surface area contributed by atoms with Crippen molar-refractivity contribution in [2.45, 2.75) is 77.7 Å². The Morgan fingerprint density at radius 1 is 1.25 bits per heavy atom. The number of alkyl carbamates (subject to hydrolysis) is 1. The Morgan fingerprint density at radius 3 is 2.32 bits per heavy atom. The van der Waals surface area contributed by atoms with E-state index in [0.29, 0.717) is 5.69 Å². The summed E-state index contributed by atoms with van der Waals surface area (Å²) < 4.78 is 17.2. The molecule has 154 valence electrons. The zero-order valence-electron chi connectivity index (χ0n) is 17.5. The van der Waals surface area contributed by atoms with Gasteiger partial charge in [-0.2, -0.15) is 0 Å². The van der Waals surface area contributed by atoms with Crippen LogP contribution in [0.3, 0.4) is 0 Å². The third-order valence-corrected chi connectivity index (χ3v) is 4.77. The van der Waals surface area contributed by atoms with Gasteiger partial charge in [0.25, 0.3) is 0 Å². The lowest BCUT2D eigenvalue weighted by molar-refractivity contribution is -0.139. The fraction of sp³-hybridized carbons (Fsp3) is 0.632. The van der Waals surface area contributed by atoms with Crippen molar-refractivity contribution in [1.29, 1.82) is 0 Å². The molecular weight excluding hydrogens is 363 g/mol. The van der Waals surface area contributed by atoms with Crippen LogP contribution in [-0.4, -0.2) is 52.1 Å². The molecule has 1 saturated heterocycles. The molecule has 0 saturated carbocycles. The first-order chi connectivity index (χ1) is 12.7. The third-order valence-electron chi connectivity index (χ3n) is 4.77. The molecule has 1 aliphatic rings. The minimum absolute atomic E-state index is 0.00191. The predicted molar refractivity (Wildman–Crippen MR) is 104 cm³/mol. The molecule has 0 radical (unpaired) electrons. The monoisotopic (exact) mass is 392 g/mol. The number of aliphatic carboxylic acids is 1. The number of amides is 1. The van der Waals surface area contributed by atoms with Gasteiger partial charge in [-0.25, -0.2) is 9.59 Å². The van der Waals surface area contributed by atoms with Gasteiger partial charge >= 0.3 is 19.2 Å². The minimum Gasteiger partial charge on any atom is -0.480 e. The highest BCUT2D eigenvalue weighted by atomic mass is 16.7. The van der Waals surface area contributed by atoms with Gasteiger partial charge in [0.05, 0.1) is 11.2 Å². The maximum Gasteiger partial charge on any atom is 0.494 e. The van der Waals surface area contributed by atoms with Gasteiger partial charge < -0.3 is 24.5 Å². The standard InChI is InChI=1S/C19H29BN2O6/c1-17(2,3)26-16(25)22-14(15(23)24)11-13-10-12(8-9-21-13)20-27-18(4,5)19(6,7)28-20/h8-10,14H,11H2,1-7H3,(H,22,25)(H,23,24). The zero-order chi connectivity index (χ0) is 21.3. The Labute approximate surface area is 166 Å². The number of carboxylic acids is 1. The van der Waals surface area contributed by atoms with Crippen LogP contribution in [0.2, 0.25) is 0 Å². The number of rotatable bonds is 5. The van der Waals surface area contributed by atoms with Gasteiger partial charge in [-0.3, -0.25) is 4.98 Å². The highest BCUT2D eigenvalue weighted by Gasteiger charge is 2.51. The molecule has 1 fully saturated rings. The molecule has 0 bridgehead atoms. The Bertz CT molecular complexity index is 728. The number of nitrogens with one attached hydrogen (secondary N) is 1. The molecular formula is C19H29BN2O6. The molecule has 1 atom stereocenters. The summed E-state index contributed by atoms with van der Waals surface area (Å²) >= 11 is 0. The van der Waals surface area contributed by atoms with E-state index in [1.165, 1.54) is 0 Å². The Morgan fingerprint density at radius 2 is 1.82 bits per heavy atom. The number of pyridine rings is 1. The lowest BCUT2D eigenvalue weighted by Crippen LogP contribution is -2.45. The number of carbonyl (C=O) groups excluding carboxylic acids is 1. The lowest BCUT2D eigenvalue weighted by atomic mass is 9.79. The van der Waals surface area contributed by atoms with E-state index in [9.17, 15) is 14.7 Å². The van der Waals surface area contributed by atoms with Crippen LogP contribution in [0.15, 0.2) is 18.3 Å². The summed E-state index contributed by atoms with van der Waals surface area (Å²) in [5.41, 5.74) is -0.450. The molecule has 0 aliphatic carbocycles. The first-order valence-corrected chi connectivity index (χ1v) is 9.23. The van der Waals surface area contributed by atoms with E-state index in [-0.39, 0.29) is 6.42 Å². The SMILES string of the molecule is CC(C)(C)OC(=O)NC(Cc1cc(B2OC(C)(C)C(C)(C)O2)ccn1)C(=O)O. The second-order valence-corrected chi connectivity index (χ2v) is 8.91. The van der Waals surface area contributed by atoms with E-state index in [4.69, 9.17) is 14.0 Å². The fourth-order valence-corrected chi connectivity index (χ4v) is 2.59. The van der Waals surface area contributed by atoms with Crippen molar-refractivity contribution in [2.75, 3.05) is 0 Å². The zero-order valence-corrected chi connectivity index (χ0v) is 17.5. The number of carboxylic acid groups (broad SMARTS) is 1. The molecule has 1 amide bonds. The average Bonchev–Trinajstić information content (AvgIpc) is 2.73. The van der Waals surface area contributed by atoms with Crippen molar-refractivity contribution >= 4 is 24.6 Å². The van der Waals surface area contributed by atoms with Crippen LogP contribution in [0.4, 0.5) is 4.79 Å². The molecule has 0 aromatic carbocycles. The van der Waals surface area contributed by atoms with Crippen molar-refractivity contribution in [2.24, 2.45) is 0 Å². The van der Waals surface area contributed by atoms with Crippen LogP contribution in [0.25, 0.3) is 0 Å². The van der Waals surface area contributed by atoms with Crippen LogP contribution in [-0.2, 0) is 25.3 Å². The summed E-state index contributed by atoms with van der Waals surface area (Å²) in [5, 5.41) is 11.8. The van der Waals surface area contributed by atoms with E-state index >= 15 is 0 Å². The van der Waals surface area contributed by atoms with Crippen molar-refractivity contribution in [3.8, 4) is 0 Å². The molecule has 2 rings (SSSR count). The molecule has 2 N–H and O–H groups in total. The normalized spacial score (nSPS) is 19.2. The summed E-state index contributed by atoms with van der Waals surface area (Å²) in [5.74, 6) is -1.17. The summed E-state index contributed by atoms with van der Waals surface area (Å²) in [6, 6.07) is 2.33. The summed E-state index contributed by atoms with van der Waals surface area (Å²) in [7, 11) is -0.575. The smallest absolute Gasteiger partial charge is 0.480 e. The average molecular weight is 392 g/mol. The number of carbonyl (C=O) groups is 2. The van der Waals surface area contributed by atoms with Gasteiger partial charge in [0.1, 0.15) is 11.6 Å². The quantitative estimate of drug-likeness (QED) is 0.737. The Kier molecular flexibility index (Phi) is 6.11. The molecule has 8 nitrogen and oxygen atoms in total. The van der Waals surface area contributed by atoms with Gasteiger partial charge in [0, 0.05) is 18.3 Å². The van der Waals surface area contributed by atoms with Gasteiger partial charge in [0.15, 0.2) is 0 Å². The van der Waals surface area contributed by atoms with Crippen molar-refractivity contribution in [1.82, 2.24) is 10.3 Å². The molecule has 1 unspecified atom stereocenters. The van der Waals surface area contributed by atoms with Crippen LogP contribution >= 0.6 is 0 Å². The number of hydrogen-bond donors (Lipinski definition) is 2. The van der Waals surface area contributed by atoms with Gasteiger partial charge in [-0.1, -0.05) is 0 Å². The maximum absolute atomic E-state index is 11.9. The first kappa shape index (κ1) is 22.2. The van der Waals surface area contributed by atoms with Crippen LogP contribution in [0.5, 0.6) is 0 Å². The van der Waals surface area contributed by atoms with Crippen LogP contribution < -0.4 is 10.8 Å². The van der Waals surface area contributed by atoms with E-state index in [2.05, 4.69) is 10.3 Å². The Hall–Kier alpha value is -2.13. The summed E-state index contributed by atoms with van der Waals surface area (Å²) in [4.78, 5) is 27.7. The highest BCUT2D eigenvalue weighted by Crippen LogP contribution is 2.36. The molecule has 1 aromatic heterocycles. The van der Waals surface area contributed by atoms with Crippen LogP contribution in [0.1, 0.15) is 54.2 Å². The van der Waals surface area contributed by atoms with E-state index < -0.39 is 42.0 Å². The van der Waals surface area contributed by atoms with Crippen molar-refractivity contribution < 1.29 is 28.7 Å². The van der Waals surface area contributed by atoms with E-state index in [1.54, 1.807) is 39.1 Å². The second kappa shape index (κ2) is 7.71. The second-order valence-electron chi connectivity index (χ2n) is 8.91. The summed E-state index contributed by atoms with van der Waals surface area (Å²) in [6.45, 7) is 13.0. The fourth-order valence-electron chi connectivity index (χ4n) is 2.59. The lowest BCUT2D eigenvalue weighted by Gasteiger charge is -2.32. The number of aromatic nitrogens is 1. The number of hydrogen-bond acceptors (Lipinski definition) is 6. The summed E-state index contributed by atoms with van der Waals surface area (Å²) in [6.07, 6.45) is 0.784. The molecule has 0 spiro atoms. The highest BCUT2D eigenvalue weighted by molar-refractivity contribution is 6.62. The maximum atomic E-state index is 11.9. The van der Waals surface area contributed by atoms with E-state index in [1.807, 2.05) is 27.7 Å². The van der Waals surface area contributed by atoms with Gasteiger partial charge in [-0.05, 0) is 66.1 Å². The topological polar surface area (TPSA) is 107 Å². The van der Waals surface area contributed by atoms with Crippen LogP contribution in [0, 0.1) is 0 Å². The third kappa shape index (κ3) is 5.45.